The molecule has 0 atom stereocenters. The first-order chi connectivity index (χ1) is 17.5. The molecule has 4 aromatic rings. The van der Waals surface area contributed by atoms with Gasteiger partial charge in [-0.05, 0) is 82.3 Å². The van der Waals surface area contributed by atoms with Gasteiger partial charge in [0.05, 0.1) is 11.4 Å². The number of aromatic hydroxyl groups is 1. The van der Waals surface area contributed by atoms with Gasteiger partial charge in [0, 0.05) is 47.3 Å². The van der Waals surface area contributed by atoms with Crippen molar-refractivity contribution >= 4 is 16.6 Å². The Morgan fingerprint density at radius 2 is 1.64 bits per heavy atom. The normalized spacial score (nSPS) is 11.4. The maximum Gasteiger partial charge on any atom is 0.120 e. The van der Waals surface area contributed by atoms with Crippen molar-refractivity contribution < 1.29 is 10.2 Å². The number of phenolic OH excluding ortho intramolecular Hbond substituents is 1. The molecule has 190 valence electrons. The van der Waals surface area contributed by atoms with Crippen LogP contribution in [-0.2, 0) is 6.42 Å². The zero-order chi connectivity index (χ0) is 25.7. The Bertz CT molecular complexity index is 1300. The Kier molecular flexibility index (Phi) is 8.37. The highest BCUT2D eigenvalue weighted by atomic mass is 16.3. The quantitative estimate of drug-likeness (QED) is 0.191. The number of rotatable bonds is 11. The van der Waals surface area contributed by atoms with Crippen molar-refractivity contribution in [2.24, 2.45) is 0 Å². The maximum absolute atomic E-state index is 11.1. The van der Waals surface area contributed by atoms with Crippen LogP contribution in [0.4, 0.5) is 5.69 Å². The fraction of sp³-hybridized carbons (Fsp3) is 0.375. The molecule has 3 aromatic carbocycles. The highest BCUT2D eigenvalue weighted by Crippen LogP contribution is 2.46. The van der Waals surface area contributed by atoms with Crippen LogP contribution >= 0.6 is 0 Å². The van der Waals surface area contributed by atoms with Gasteiger partial charge in [-0.25, -0.2) is 0 Å². The number of aromatic nitrogens is 1. The molecular weight excluding hydrogens is 444 g/mol. The van der Waals surface area contributed by atoms with Crippen molar-refractivity contribution in [1.29, 1.82) is 0 Å². The molecule has 0 saturated heterocycles. The lowest BCUT2D eigenvalue weighted by molar-refractivity contribution is 0.285. The second kappa shape index (κ2) is 11.7. The van der Waals surface area contributed by atoms with Crippen LogP contribution in [0, 0.1) is 13.8 Å². The smallest absolute Gasteiger partial charge is 0.120 e. The highest BCUT2D eigenvalue weighted by Gasteiger charge is 2.24. The Balaban J connectivity index is 2.02. The molecule has 0 saturated carbocycles. The second-order valence-electron chi connectivity index (χ2n) is 9.87. The predicted molar refractivity (Wildman–Crippen MR) is 153 cm³/mol. The molecule has 1 heterocycles. The zero-order valence-corrected chi connectivity index (χ0v) is 22.2. The molecule has 0 spiro atoms. The van der Waals surface area contributed by atoms with Gasteiger partial charge in [0.15, 0.2) is 0 Å². The number of anilines is 1. The van der Waals surface area contributed by atoms with E-state index in [9.17, 15) is 10.2 Å². The first-order valence-corrected chi connectivity index (χ1v) is 13.4. The molecule has 3 N–H and O–H groups in total. The summed E-state index contributed by atoms with van der Waals surface area (Å²) < 4.78 is 0. The number of benzene rings is 3. The number of phenols is 1. The number of nitrogens with one attached hydrogen (secondary N) is 1. The number of H-pyrrole nitrogens is 1. The summed E-state index contributed by atoms with van der Waals surface area (Å²) in [5.41, 5.74) is 10.4. The van der Waals surface area contributed by atoms with Crippen LogP contribution < -0.4 is 4.90 Å². The lowest BCUT2D eigenvalue weighted by atomic mass is 9.91. The van der Waals surface area contributed by atoms with E-state index in [4.69, 9.17) is 0 Å². The third kappa shape index (κ3) is 5.29. The number of aromatic amines is 1. The molecule has 0 unspecified atom stereocenters. The monoisotopic (exact) mass is 484 g/mol. The van der Waals surface area contributed by atoms with Gasteiger partial charge in [0.25, 0.3) is 0 Å². The van der Waals surface area contributed by atoms with E-state index >= 15 is 0 Å². The fourth-order valence-electron chi connectivity index (χ4n) is 5.39. The Hall–Kier alpha value is -3.24. The molecule has 1 aromatic heterocycles. The molecule has 4 heteroatoms. The number of aryl methyl sites for hydroxylation is 2. The zero-order valence-electron chi connectivity index (χ0n) is 22.2. The molecule has 0 aliphatic rings. The average Bonchev–Trinajstić information content (AvgIpc) is 3.25. The van der Waals surface area contributed by atoms with Crippen LogP contribution in [0.15, 0.2) is 54.6 Å². The molecule has 0 aliphatic heterocycles. The van der Waals surface area contributed by atoms with Crippen molar-refractivity contribution in [3.8, 4) is 28.1 Å². The summed E-state index contributed by atoms with van der Waals surface area (Å²) in [6, 6.07) is 19.2. The molecule has 0 bridgehead atoms. The summed E-state index contributed by atoms with van der Waals surface area (Å²) in [6.07, 6.45) is 4.61. The Labute approximate surface area is 215 Å². The molecular formula is C32H40N2O2. The Morgan fingerprint density at radius 3 is 2.33 bits per heavy atom. The molecule has 4 nitrogen and oxygen atoms in total. The summed E-state index contributed by atoms with van der Waals surface area (Å²) in [4.78, 5) is 6.12. The maximum atomic E-state index is 11.1. The Morgan fingerprint density at radius 1 is 0.889 bits per heavy atom. The van der Waals surface area contributed by atoms with Crippen LogP contribution in [0.3, 0.4) is 0 Å². The van der Waals surface area contributed by atoms with Gasteiger partial charge in [-0.3, -0.25) is 0 Å². The SMILES string of the molecule is CCCCc1c(O)ccc(-c2c(-c3cc(C)cc(C)c3)[nH]c3ccccc23)c1N(CC)CCCCO. The van der Waals surface area contributed by atoms with Gasteiger partial charge in [0.1, 0.15) is 5.75 Å². The molecule has 0 amide bonds. The minimum atomic E-state index is 0.201. The van der Waals surface area contributed by atoms with E-state index in [2.05, 4.69) is 86.1 Å². The van der Waals surface area contributed by atoms with Crippen molar-refractivity contribution in [3.63, 3.8) is 0 Å². The summed E-state index contributed by atoms with van der Waals surface area (Å²) in [6.45, 7) is 10.5. The predicted octanol–water partition coefficient (Wildman–Crippen LogP) is 7.77. The lowest BCUT2D eigenvalue weighted by Crippen LogP contribution is -2.26. The van der Waals surface area contributed by atoms with Crippen LogP contribution in [0.5, 0.6) is 5.75 Å². The van der Waals surface area contributed by atoms with E-state index in [0.717, 1.165) is 73.2 Å². The minimum absolute atomic E-state index is 0.201. The van der Waals surface area contributed by atoms with E-state index in [0.29, 0.717) is 5.75 Å². The third-order valence-corrected chi connectivity index (χ3v) is 7.06. The number of aliphatic hydroxyl groups excluding tert-OH is 1. The number of hydrogen-bond acceptors (Lipinski definition) is 3. The molecule has 0 aliphatic carbocycles. The number of aliphatic hydroxyl groups is 1. The topological polar surface area (TPSA) is 59.5 Å². The van der Waals surface area contributed by atoms with Crippen molar-refractivity contribution in [1.82, 2.24) is 4.98 Å². The largest absolute Gasteiger partial charge is 0.508 e. The summed E-state index contributed by atoms with van der Waals surface area (Å²) in [5.74, 6) is 0.371. The number of fused-ring (bicyclic) bond motifs is 1. The van der Waals surface area contributed by atoms with Gasteiger partial charge in [-0.2, -0.15) is 0 Å². The third-order valence-electron chi connectivity index (χ3n) is 7.06. The second-order valence-corrected chi connectivity index (χ2v) is 9.87. The van der Waals surface area contributed by atoms with E-state index < -0.39 is 0 Å². The van der Waals surface area contributed by atoms with E-state index in [1.165, 1.54) is 27.6 Å². The average molecular weight is 485 g/mol. The van der Waals surface area contributed by atoms with Crippen LogP contribution in [-0.4, -0.2) is 34.9 Å². The van der Waals surface area contributed by atoms with Crippen LogP contribution in [0.1, 0.15) is 56.2 Å². The lowest BCUT2D eigenvalue weighted by Gasteiger charge is -2.29. The molecule has 36 heavy (non-hydrogen) atoms. The van der Waals surface area contributed by atoms with Gasteiger partial charge >= 0.3 is 0 Å². The van der Waals surface area contributed by atoms with Gasteiger partial charge in [0.2, 0.25) is 0 Å². The van der Waals surface area contributed by atoms with Crippen molar-refractivity contribution in [3.05, 3.63) is 71.3 Å². The van der Waals surface area contributed by atoms with E-state index in [1.54, 1.807) is 0 Å². The number of para-hydroxylation sites is 1. The van der Waals surface area contributed by atoms with Gasteiger partial charge < -0.3 is 20.1 Å². The van der Waals surface area contributed by atoms with Gasteiger partial charge in [-0.15, -0.1) is 0 Å². The van der Waals surface area contributed by atoms with Crippen molar-refractivity contribution in [2.45, 2.75) is 59.8 Å². The molecule has 4 rings (SSSR count). The summed E-state index contributed by atoms with van der Waals surface area (Å²) in [7, 11) is 0. The highest BCUT2D eigenvalue weighted by molar-refractivity contribution is 6.07. The summed E-state index contributed by atoms with van der Waals surface area (Å²) >= 11 is 0. The first kappa shape index (κ1) is 25.8. The first-order valence-electron chi connectivity index (χ1n) is 13.4. The molecule has 0 radical (unpaired) electrons. The summed E-state index contributed by atoms with van der Waals surface area (Å²) in [5, 5.41) is 21.6. The van der Waals surface area contributed by atoms with Gasteiger partial charge in [-0.1, -0.05) is 48.7 Å². The van der Waals surface area contributed by atoms with Crippen molar-refractivity contribution in [2.75, 3.05) is 24.6 Å². The minimum Gasteiger partial charge on any atom is -0.508 e. The standard InChI is InChI=1S/C32H40N2O2/c1-5-7-12-26-29(36)16-15-27(32(26)34(6-2)17-10-11-18-35)30-25-13-8-9-14-28(25)33-31(30)24-20-22(3)19-23(4)21-24/h8-9,13-16,19-21,33,35-36H,5-7,10-12,17-18H2,1-4H3. The van der Waals surface area contributed by atoms with Crippen LogP contribution in [0.25, 0.3) is 33.3 Å². The number of hydrogen-bond donors (Lipinski definition) is 3. The number of nitrogens with zero attached hydrogens (tertiary/aromatic N) is 1. The van der Waals surface area contributed by atoms with E-state index in [1.807, 2.05) is 6.07 Å². The van der Waals surface area contributed by atoms with Crippen LogP contribution in [0.2, 0.25) is 0 Å². The fourth-order valence-corrected chi connectivity index (χ4v) is 5.39. The molecule has 0 fully saturated rings. The van der Waals surface area contributed by atoms with E-state index in [-0.39, 0.29) is 6.61 Å². The number of unbranched alkanes of at least 4 members (excludes halogenated alkanes) is 2.